The molecule has 162 valence electrons. The maximum absolute atomic E-state index is 13.6. The van der Waals surface area contributed by atoms with E-state index in [1.807, 2.05) is 0 Å². The summed E-state index contributed by atoms with van der Waals surface area (Å²) >= 11 is 0. The second-order valence-electron chi connectivity index (χ2n) is 7.85. The van der Waals surface area contributed by atoms with Crippen LogP contribution in [0.25, 0.3) is 0 Å². The number of ether oxygens (including phenoxy) is 3. The molecular weight excluding hydrogens is 398 g/mol. The average molecular weight is 428 g/mol. The Hall–Kier alpha value is -1.46. The fourth-order valence-corrected chi connectivity index (χ4v) is 6.32. The summed E-state index contributed by atoms with van der Waals surface area (Å²) in [7, 11) is -2.04. The van der Waals surface area contributed by atoms with E-state index >= 15 is 0 Å². The Kier molecular flexibility index (Phi) is 5.49. The molecule has 0 atom stereocenters. The van der Waals surface area contributed by atoms with Crippen LogP contribution >= 0.6 is 0 Å². The summed E-state index contributed by atoms with van der Waals surface area (Å²) in [5.74, 6) is -0.899. The number of nitrogens with zero attached hydrogens (tertiary/aromatic N) is 3. The van der Waals surface area contributed by atoms with Crippen molar-refractivity contribution in [1.82, 2.24) is 13.8 Å². The fourth-order valence-electron chi connectivity index (χ4n) is 4.39. The second kappa shape index (κ2) is 7.66. The van der Waals surface area contributed by atoms with Crippen LogP contribution in [0.5, 0.6) is 0 Å². The monoisotopic (exact) mass is 427 g/mol. The van der Waals surface area contributed by atoms with E-state index in [1.54, 1.807) is 30.4 Å². The van der Waals surface area contributed by atoms with Gasteiger partial charge in [0, 0.05) is 57.5 Å². The zero-order chi connectivity index (χ0) is 20.8. The van der Waals surface area contributed by atoms with E-state index in [9.17, 15) is 13.2 Å². The lowest BCUT2D eigenvalue weighted by atomic mass is 10.1. The highest BCUT2D eigenvalue weighted by Crippen LogP contribution is 2.36. The lowest BCUT2D eigenvalue weighted by Gasteiger charge is -2.37. The van der Waals surface area contributed by atoms with E-state index in [0.29, 0.717) is 76.8 Å². The number of piperidine rings is 1. The lowest BCUT2D eigenvalue weighted by molar-refractivity contribution is -0.179. The summed E-state index contributed by atoms with van der Waals surface area (Å²) < 4.78 is 47.3. The van der Waals surface area contributed by atoms with Gasteiger partial charge in [-0.05, 0) is 13.8 Å². The zero-order valence-corrected chi connectivity index (χ0v) is 18.1. The Morgan fingerprint density at radius 3 is 2.10 bits per heavy atom. The first kappa shape index (κ1) is 20.8. The molecule has 1 aromatic rings. The van der Waals surface area contributed by atoms with E-state index < -0.39 is 15.8 Å². The third kappa shape index (κ3) is 3.50. The first-order valence-corrected chi connectivity index (χ1v) is 11.5. The van der Waals surface area contributed by atoms with Crippen molar-refractivity contribution in [2.24, 2.45) is 7.05 Å². The normalized spacial score (nSPS) is 23.1. The van der Waals surface area contributed by atoms with Gasteiger partial charge in [-0.25, -0.2) is 8.42 Å². The molecule has 29 heavy (non-hydrogen) atoms. The summed E-state index contributed by atoms with van der Waals surface area (Å²) in [6.07, 6.45) is 0.980. The largest absolute Gasteiger partial charge is 0.378 e. The van der Waals surface area contributed by atoms with Crippen LogP contribution in [-0.4, -0.2) is 86.5 Å². The van der Waals surface area contributed by atoms with Crippen LogP contribution in [0.3, 0.4) is 0 Å². The molecule has 3 aliphatic heterocycles. The van der Waals surface area contributed by atoms with Gasteiger partial charge in [0.05, 0.1) is 32.0 Å². The fraction of sp³-hybridized carbons (Fsp3) is 0.737. The predicted octanol–water partition coefficient (Wildman–Crippen LogP) is 0.642. The third-order valence-electron chi connectivity index (χ3n) is 6.33. The van der Waals surface area contributed by atoms with Crippen molar-refractivity contribution < 1.29 is 27.4 Å². The molecule has 0 N–H and O–H groups in total. The quantitative estimate of drug-likeness (QED) is 0.703. The predicted molar refractivity (Wildman–Crippen MR) is 104 cm³/mol. The van der Waals surface area contributed by atoms with E-state index in [0.717, 1.165) is 0 Å². The smallest absolute Gasteiger partial charge is 0.257 e. The summed E-state index contributed by atoms with van der Waals surface area (Å²) in [5, 5.41) is 0. The molecule has 4 rings (SSSR count). The highest BCUT2D eigenvalue weighted by molar-refractivity contribution is 7.89. The molecule has 1 amide bonds. The molecule has 0 bridgehead atoms. The first-order chi connectivity index (χ1) is 13.8. The van der Waals surface area contributed by atoms with Crippen LogP contribution in [0.15, 0.2) is 4.90 Å². The van der Waals surface area contributed by atoms with Gasteiger partial charge >= 0.3 is 0 Å². The summed E-state index contributed by atoms with van der Waals surface area (Å²) in [5.41, 5.74) is 1.52. The molecule has 1 spiro atoms. The van der Waals surface area contributed by atoms with Gasteiger partial charge in [0.1, 0.15) is 4.90 Å². The number of carbonyl (C=O) groups excluding carboxylic acids is 1. The number of aromatic nitrogens is 1. The molecule has 9 nitrogen and oxygen atoms in total. The number of morpholine rings is 1. The molecule has 10 heteroatoms. The number of rotatable bonds is 3. The van der Waals surface area contributed by atoms with Crippen LogP contribution in [0.1, 0.15) is 34.6 Å². The van der Waals surface area contributed by atoms with E-state index in [-0.39, 0.29) is 16.4 Å². The van der Waals surface area contributed by atoms with Crippen LogP contribution in [0.2, 0.25) is 0 Å². The average Bonchev–Trinajstić information content (AvgIpc) is 3.27. The molecule has 0 saturated carbocycles. The standard InChI is InChI=1S/C19H29N3O6S/c1-14-16(18(23)21-8-10-26-11-9-21)17(15(2)20(14)3)29(24,25)22-6-4-19(5-7-22)27-12-13-28-19/h4-13H2,1-3H3. The minimum atomic E-state index is -3.83. The highest BCUT2D eigenvalue weighted by atomic mass is 32.2. The van der Waals surface area contributed by atoms with Crippen molar-refractivity contribution in [3.8, 4) is 0 Å². The van der Waals surface area contributed by atoms with E-state index in [2.05, 4.69) is 0 Å². The Bertz CT molecular complexity index is 888. The molecular formula is C19H29N3O6S. The summed E-state index contributed by atoms with van der Waals surface area (Å²) in [4.78, 5) is 15.1. The zero-order valence-electron chi connectivity index (χ0n) is 17.3. The van der Waals surface area contributed by atoms with Crippen molar-refractivity contribution in [2.45, 2.75) is 37.4 Å². The van der Waals surface area contributed by atoms with Gasteiger partial charge in [0.25, 0.3) is 5.91 Å². The van der Waals surface area contributed by atoms with Crippen LogP contribution in [0.4, 0.5) is 0 Å². The van der Waals surface area contributed by atoms with Gasteiger partial charge in [0.15, 0.2) is 5.79 Å². The highest BCUT2D eigenvalue weighted by Gasteiger charge is 2.44. The molecule has 0 aromatic carbocycles. The number of hydrogen-bond donors (Lipinski definition) is 0. The van der Waals surface area contributed by atoms with Gasteiger partial charge in [-0.1, -0.05) is 0 Å². The van der Waals surface area contributed by atoms with Crippen molar-refractivity contribution in [3.05, 3.63) is 17.0 Å². The molecule has 3 fully saturated rings. The van der Waals surface area contributed by atoms with E-state index in [4.69, 9.17) is 14.2 Å². The second-order valence-corrected chi connectivity index (χ2v) is 9.73. The Labute approximate surface area is 171 Å². The Morgan fingerprint density at radius 1 is 0.931 bits per heavy atom. The third-order valence-corrected chi connectivity index (χ3v) is 8.39. The van der Waals surface area contributed by atoms with Gasteiger partial charge in [-0.2, -0.15) is 4.31 Å². The minimum Gasteiger partial charge on any atom is -0.378 e. The van der Waals surface area contributed by atoms with Gasteiger partial charge in [-0.15, -0.1) is 0 Å². The maximum atomic E-state index is 13.6. The number of sulfonamides is 1. The van der Waals surface area contributed by atoms with E-state index in [1.165, 1.54) is 4.31 Å². The molecule has 0 unspecified atom stereocenters. The van der Waals surface area contributed by atoms with Gasteiger partial charge < -0.3 is 23.7 Å². The van der Waals surface area contributed by atoms with Gasteiger partial charge in [-0.3, -0.25) is 4.79 Å². The first-order valence-electron chi connectivity index (χ1n) is 10.1. The Morgan fingerprint density at radius 2 is 1.52 bits per heavy atom. The van der Waals surface area contributed by atoms with Crippen molar-refractivity contribution in [2.75, 3.05) is 52.6 Å². The Balaban J connectivity index is 1.66. The molecule has 0 radical (unpaired) electrons. The van der Waals surface area contributed by atoms with Crippen LogP contribution in [-0.2, 0) is 31.3 Å². The van der Waals surface area contributed by atoms with Crippen LogP contribution < -0.4 is 0 Å². The molecule has 3 aliphatic rings. The number of carbonyl (C=O) groups is 1. The molecule has 4 heterocycles. The van der Waals surface area contributed by atoms with Crippen LogP contribution in [0, 0.1) is 13.8 Å². The molecule has 0 aliphatic carbocycles. The van der Waals surface area contributed by atoms with Crippen molar-refractivity contribution in [1.29, 1.82) is 0 Å². The van der Waals surface area contributed by atoms with Crippen molar-refractivity contribution in [3.63, 3.8) is 0 Å². The van der Waals surface area contributed by atoms with Gasteiger partial charge in [0.2, 0.25) is 10.0 Å². The number of amides is 1. The minimum absolute atomic E-state index is 0.123. The topological polar surface area (TPSA) is 90.3 Å². The van der Waals surface area contributed by atoms with Crippen molar-refractivity contribution >= 4 is 15.9 Å². The molecule has 3 saturated heterocycles. The maximum Gasteiger partial charge on any atom is 0.257 e. The summed E-state index contributed by atoms with van der Waals surface area (Å²) in [6, 6.07) is 0. The summed E-state index contributed by atoms with van der Waals surface area (Å²) in [6.45, 7) is 7.11. The lowest BCUT2D eigenvalue weighted by Crippen LogP contribution is -2.47. The SMILES string of the molecule is Cc1c(C(=O)N2CCOCC2)c(S(=O)(=O)N2CCC3(CC2)OCCO3)c(C)n1C. The molecule has 1 aromatic heterocycles. The number of hydrogen-bond acceptors (Lipinski definition) is 6.